The number of hydrogen-bond donors (Lipinski definition) is 1. The van der Waals surface area contributed by atoms with Crippen molar-refractivity contribution in [2.24, 2.45) is 5.92 Å². The fourth-order valence-corrected chi connectivity index (χ4v) is 7.13. The lowest BCUT2D eigenvalue weighted by Crippen LogP contribution is -2.49. The molecule has 7 rings (SSSR count). The molecule has 0 aromatic heterocycles. The Hall–Kier alpha value is -4.94. The van der Waals surface area contributed by atoms with Gasteiger partial charge >= 0.3 is 0 Å². The van der Waals surface area contributed by atoms with Gasteiger partial charge in [-0.1, -0.05) is 66.7 Å². The van der Waals surface area contributed by atoms with E-state index in [4.69, 9.17) is 16.3 Å². The summed E-state index contributed by atoms with van der Waals surface area (Å²) >= 11 is 6.16. The van der Waals surface area contributed by atoms with Crippen LogP contribution >= 0.6 is 11.6 Å². The van der Waals surface area contributed by atoms with E-state index in [1.165, 1.54) is 0 Å². The van der Waals surface area contributed by atoms with Crippen LogP contribution in [-0.4, -0.2) is 35.0 Å². The zero-order valence-electron chi connectivity index (χ0n) is 23.1. The molecule has 4 atom stereocenters. The number of nitrogens with zero attached hydrogens (tertiary/aromatic N) is 1. The minimum Gasteiger partial charge on any atom is -0.490 e. The lowest BCUT2D eigenvalue weighted by atomic mass is 9.62. The lowest BCUT2D eigenvalue weighted by molar-refractivity contribution is -0.122. The summed E-state index contributed by atoms with van der Waals surface area (Å²) in [6.45, 7) is 4.01. The SMILES string of the molecule is C=CCOc1ccc(C(=O)[C@@H]2[C@@H](C(=O)c3ccc(Cl)cc3)N3C=Cc4ccccc4[C@@H]3[C@]23C(=O)Nc2ccccc23)cc1. The van der Waals surface area contributed by atoms with Crippen LogP contribution in [0.4, 0.5) is 5.69 Å². The van der Waals surface area contributed by atoms with Gasteiger partial charge in [-0.25, -0.2) is 0 Å². The van der Waals surface area contributed by atoms with Gasteiger partial charge in [0.15, 0.2) is 11.6 Å². The number of carbonyl (C=O) groups is 3. The van der Waals surface area contributed by atoms with E-state index in [1.54, 1.807) is 54.6 Å². The van der Waals surface area contributed by atoms with Crippen molar-refractivity contribution in [2.45, 2.75) is 17.5 Å². The van der Waals surface area contributed by atoms with Crippen molar-refractivity contribution < 1.29 is 19.1 Å². The van der Waals surface area contributed by atoms with Crippen LogP contribution in [0.5, 0.6) is 5.75 Å². The Balaban J connectivity index is 1.47. The van der Waals surface area contributed by atoms with E-state index >= 15 is 0 Å². The summed E-state index contributed by atoms with van der Waals surface area (Å²) < 4.78 is 5.64. The van der Waals surface area contributed by atoms with E-state index in [1.807, 2.05) is 65.7 Å². The maximum atomic E-state index is 14.9. The molecule has 0 saturated carbocycles. The second-order valence-electron chi connectivity index (χ2n) is 10.9. The van der Waals surface area contributed by atoms with Crippen molar-refractivity contribution in [1.29, 1.82) is 0 Å². The van der Waals surface area contributed by atoms with Crippen LogP contribution in [0.25, 0.3) is 6.08 Å². The Kier molecular flexibility index (Phi) is 6.51. The third-order valence-corrected chi connectivity index (χ3v) is 9.01. The van der Waals surface area contributed by atoms with Crippen molar-refractivity contribution in [3.8, 4) is 5.75 Å². The van der Waals surface area contributed by atoms with Gasteiger partial charge in [0.05, 0.1) is 12.0 Å². The van der Waals surface area contributed by atoms with Crippen molar-refractivity contribution >= 4 is 40.8 Å². The van der Waals surface area contributed by atoms with Crippen LogP contribution in [0.3, 0.4) is 0 Å². The Labute approximate surface area is 254 Å². The molecule has 1 amide bonds. The van der Waals surface area contributed by atoms with Gasteiger partial charge in [-0.3, -0.25) is 14.4 Å². The maximum absolute atomic E-state index is 14.9. The second kappa shape index (κ2) is 10.4. The van der Waals surface area contributed by atoms with E-state index in [0.717, 1.165) is 11.1 Å². The van der Waals surface area contributed by atoms with Crippen molar-refractivity contribution in [2.75, 3.05) is 11.9 Å². The molecular weight excluding hydrogens is 560 g/mol. The number of carbonyl (C=O) groups excluding carboxylic acids is 3. The highest BCUT2D eigenvalue weighted by Crippen LogP contribution is 2.62. The number of hydrogen-bond acceptors (Lipinski definition) is 5. The third-order valence-electron chi connectivity index (χ3n) is 8.76. The second-order valence-corrected chi connectivity index (χ2v) is 11.4. The summed E-state index contributed by atoms with van der Waals surface area (Å²) in [7, 11) is 0. The molecule has 6 nitrogen and oxygen atoms in total. The summed E-state index contributed by atoms with van der Waals surface area (Å²) in [5.41, 5.74) is 2.58. The lowest BCUT2D eigenvalue weighted by Gasteiger charge is -2.38. The molecule has 212 valence electrons. The minimum atomic E-state index is -1.39. The highest BCUT2D eigenvalue weighted by Gasteiger charge is 2.70. The molecule has 43 heavy (non-hydrogen) atoms. The number of para-hydroxylation sites is 1. The number of ether oxygens (including phenoxy) is 1. The molecule has 1 fully saturated rings. The zero-order chi connectivity index (χ0) is 29.7. The predicted octanol–water partition coefficient (Wildman–Crippen LogP) is 6.89. The van der Waals surface area contributed by atoms with E-state index < -0.39 is 23.4 Å². The molecule has 7 heteroatoms. The highest BCUT2D eigenvalue weighted by atomic mass is 35.5. The summed E-state index contributed by atoms with van der Waals surface area (Å²) in [6, 6.07) is 27.2. The molecular formula is C36H27ClN2O4. The van der Waals surface area contributed by atoms with Gasteiger partial charge in [0.25, 0.3) is 0 Å². The Morgan fingerprint density at radius 3 is 2.35 bits per heavy atom. The van der Waals surface area contributed by atoms with Crippen LogP contribution in [0.1, 0.15) is 43.4 Å². The number of fused-ring (bicyclic) bond motifs is 6. The summed E-state index contributed by atoms with van der Waals surface area (Å²) in [6.07, 6.45) is 5.45. The quantitative estimate of drug-likeness (QED) is 0.189. The van der Waals surface area contributed by atoms with Gasteiger partial charge in [0.2, 0.25) is 5.91 Å². The monoisotopic (exact) mass is 586 g/mol. The fraction of sp³-hybridized carbons (Fsp3) is 0.139. The number of rotatable bonds is 7. The minimum absolute atomic E-state index is 0.260. The van der Waals surface area contributed by atoms with Crippen molar-refractivity contribution in [1.82, 2.24) is 4.90 Å². The first-order chi connectivity index (χ1) is 20.9. The molecule has 0 radical (unpaired) electrons. The van der Waals surface area contributed by atoms with Crippen molar-refractivity contribution in [3.63, 3.8) is 0 Å². The fourth-order valence-electron chi connectivity index (χ4n) is 7.00. The number of halogens is 1. The average Bonchev–Trinajstić information content (AvgIpc) is 3.52. The Morgan fingerprint density at radius 2 is 1.58 bits per heavy atom. The normalized spacial score (nSPS) is 22.9. The van der Waals surface area contributed by atoms with E-state index in [2.05, 4.69) is 11.9 Å². The molecule has 0 aliphatic carbocycles. The van der Waals surface area contributed by atoms with Crippen LogP contribution in [-0.2, 0) is 10.2 Å². The van der Waals surface area contributed by atoms with Gasteiger partial charge in [-0.05, 0) is 77.4 Å². The first kappa shape index (κ1) is 26.9. The van der Waals surface area contributed by atoms with Crippen LogP contribution in [0.15, 0.2) is 116 Å². The van der Waals surface area contributed by atoms with Gasteiger partial charge in [0.1, 0.15) is 23.8 Å². The number of benzene rings is 4. The molecule has 1 spiro atoms. The predicted molar refractivity (Wildman–Crippen MR) is 166 cm³/mol. The molecule has 3 heterocycles. The summed E-state index contributed by atoms with van der Waals surface area (Å²) in [5.74, 6) is -1.33. The third kappa shape index (κ3) is 4.05. The molecule has 3 aliphatic rings. The van der Waals surface area contributed by atoms with Crippen LogP contribution < -0.4 is 10.1 Å². The van der Waals surface area contributed by atoms with Crippen molar-refractivity contribution in [3.05, 3.63) is 149 Å². The first-order valence-corrected chi connectivity index (χ1v) is 14.5. The standard InChI is InChI=1S/C36H27ClN2O4/c1-2-21-43-26-17-13-23(14-18-26)32(40)30-31(33(41)24-11-15-25(37)16-12-24)39-20-19-22-7-3-4-8-27(22)34(39)36(30)28-9-5-6-10-29(28)38-35(36)42/h2-20,30-31,34H,1,21H2,(H,38,42)/t30-,31-,34+,36+/m0/s1. The number of nitrogens with one attached hydrogen (secondary N) is 1. The topological polar surface area (TPSA) is 75.7 Å². The van der Waals surface area contributed by atoms with E-state index in [9.17, 15) is 14.4 Å². The summed E-state index contributed by atoms with van der Waals surface area (Å²) in [4.78, 5) is 45.9. The average molecular weight is 587 g/mol. The van der Waals surface area contributed by atoms with Crippen LogP contribution in [0, 0.1) is 5.92 Å². The Bertz CT molecular complexity index is 1810. The molecule has 4 aromatic rings. The number of amides is 1. The smallest absolute Gasteiger partial charge is 0.238 e. The molecule has 1 saturated heterocycles. The molecule has 4 aromatic carbocycles. The molecule has 3 aliphatic heterocycles. The molecule has 1 N–H and O–H groups in total. The van der Waals surface area contributed by atoms with Gasteiger partial charge < -0.3 is 15.0 Å². The number of Topliss-reactive ketones (excluding diaryl/α,β-unsaturated/α-hetero) is 2. The largest absolute Gasteiger partial charge is 0.490 e. The maximum Gasteiger partial charge on any atom is 0.238 e. The van der Waals surface area contributed by atoms with Gasteiger partial charge in [-0.15, -0.1) is 0 Å². The van der Waals surface area contributed by atoms with Gasteiger partial charge in [0, 0.05) is 28.0 Å². The van der Waals surface area contributed by atoms with E-state index in [0.29, 0.717) is 39.8 Å². The summed E-state index contributed by atoms with van der Waals surface area (Å²) in [5, 5.41) is 3.57. The van der Waals surface area contributed by atoms with Crippen LogP contribution in [0.2, 0.25) is 5.02 Å². The van der Waals surface area contributed by atoms with Gasteiger partial charge in [-0.2, -0.15) is 0 Å². The van der Waals surface area contributed by atoms with E-state index in [-0.39, 0.29) is 17.5 Å². The number of ketones is 2. The molecule has 0 bridgehead atoms. The first-order valence-electron chi connectivity index (χ1n) is 14.1. The molecule has 0 unspecified atom stereocenters. The Morgan fingerprint density at radius 1 is 0.907 bits per heavy atom. The zero-order valence-corrected chi connectivity index (χ0v) is 23.8. The number of anilines is 1. The highest BCUT2D eigenvalue weighted by molar-refractivity contribution is 6.30.